The van der Waals surface area contributed by atoms with Crippen LogP contribution in [0.4, 0.5) is 0 Å². The number of hydrogen-bond donors (Lipinski definition) is 1. The molecule has 2 heteroatoms. The van der Waals surface area contributed by atoms with Gasteiger partial charge in [0.25, 0.3) is 0 Å². The molecule has 0 aliphatic carbocycles. The second kappa shape index (κ2) is 3.75. The van der Waals surface area contributed by atoms with Gasteiger partial charge in [0, 0.05) is 0 Å². The van der Waals surface area contributed by atoms with Crippen molar-refractivity contribution in [2.45, 2.75) is 0 Å². The van der Waals surface area contributed by atoms with E-state index in [1.54, 1.807) is 0 Å². The molecular formula is C3H3MnN. The van der Waals surface area contributed by atoms with Gasteiger partial charge in [0.15, 0.2) is 0 Å². The minimum absolute atomic E-state index is 0.229. The van der Waals surface area contributed by atoms with Gasteiger partial charge in [-0.25, -0.2) is 0 Å². The Morgan fingerprint density at radius 2 is 2.40 bits per heavy atom. The van der Waals surface area contributed by atoms with Gasteiger partial charge in [-0.05, 0) is 0 Å². The molecule has 0 fully saturated rings. The molecule has 0 bridgehead atoms. The van der Waals surface area contributed by atoms with E-state index >= 15 is 0 Å². The van der Waals surface area contributed by atoms with Crippen LogP contribution in [0.3, 0.4) is 0 Å². The molecule has 0 saturated carbocycles. The zero-order valence-corrected chi connectivity index (χ0v) is 3.77. The first-order valence-corrected chi connectivity index (χ1v) is 2.16. The van der Waals surface area contributed by atoms with Gasteiger partial charge in [0.1, 0.15) is 0 Å². The summed E-state index contributed by atoms with van der Waals surface area (Å²) in [5.41, 5.74) is 0. The van der Waals surface area contributed by atoms with Crippen LogP contribution in [0.5, 0.6) is 0 Å². The molecule has 5 heavy (non-hydrogen) atoms. The second-order valence-corrected chi connectivity index (χ2v) is 1.33. The fraction of sp³-hybridized carbons (Fsp3) is 0. The molecule has 0 aliphatic rings. The molecule has 0 aliphatic heterocycles. The molecule has 0 aromatic carbocycles. The van der Waals surface area contributed by atoms with Crippen LogP contribution in [0, 0.1) is 5.41 Å². The normalized spacial score (nSPS) is 4.00. The molecule has 0 aromatic rings. The Morgan fingerprint density at radius 3 is 2.40 bits per heavy atom. The van der Waals surface area contributed by atoms with Crippen LogP contribution < -0.4 is 0 Å². The first kappa shape index (κ1) is 4.75. The van der Waals surface area contributed by atoms with Crippen LogP contribution in [-0.4, -0.2) is 9.29 Å². The first-order chi connectivity index (χ1) is 2.41. The van der Waals surface area contributed by atoms with Crippen LogP contribution in [0.15, 0.2) is 6.58 Å². The van der Waals surface area contributed by atoms with Gasteiger partial charge in [-0.2, -0.15) is 0 Å². The Morgan fingerprint density at radius 1 is 1.80 bits per heavy atom. The second-order valence-electron chi connectivity index (χ2n) is 0.323. The van der Waals surface area contributed by atoms with E-state index < -0.39 is 0 Å². The molecule has 1 N–H and O–H groups in total. The van der Waals surface area contributed by atoms with Gasteiger partial charge in [0.2, 0.25) is 0 Å². The SMILES string of the molecule is C=[C]=[Mn]=[C]=N. The van der Waals surface area contributed by atoms with Gasteiger partial charge in [0.05, 0.1) is 0 Å². The Kier molecular flexibility index (Phi) is 3.56. The molecule has 0 spiro atoms. The van der Waals surface area contributed by atoms with Gasteiger partial charge < -0.3 is 0 Å². The van der Waals surface area contributed by atoms with Crippen molar-refractivity contribution in [1.82, 2.24) is 0 Å². The fourth-order valence-electron chi connectivity index (χ4n) is 0.0334. The molecule has 0 aromatic heterocycles. The maximum absolute atomic E-state index is 6.26. The maximum atomic E-state index is 6.26. The predicted molar refractivity (Wildman–Crippen MR) is 18.4 cm³/mol. The Hall–Kier alpha value is -0.251. The molecule has 0 unspecified atom stereocenters. The first-order valence-electron chi connectivity index (χ1n) is 0.982. The van der Waals surface area contributed by atoms with Crippen LogP contribution in [-0.2, 0) is 14.1 Å². The van der Waals surface area contributed by atoms with E-state index in [-0.39, 0.29) is 14.1 Å². The van der Waals surface area contributed by atoms with Crippen LogP contribution in [0.2, 0.25) is 0 Å². The molecule has 0 saturated heterocycles. The average molecular weight is 108 g/mol. The van der Waals surface area contributed by atoms with E-state index in [0.29, 0.717) is 0 Å². The summed E-state index contributed by atoms with van der Waals surface area (Å²) in [5.74, 6) is 0. The molecule has 0 heterocycles. The summed E-state index contributed by atoms with van der Waals surface area (Å²) in [5, 5.41) is 6.26. The van der Waals surface area contributed by atoms with E-state index in [2.05, 4.69) is 15.9 Å². The van der Waals surface area contributed by atoms with E-state index in [0.717, 1.165) is 0 Å². The summed E-state index contributed by atoms with van der Waals surface area (Å²) < 4.78 is 4.62. The molecule has 0 amide bonds. The topological polar surface area (TPSA) is 23.9 Å². The monoisotopic (exact) mass is 108 g/mol. The summed E-state index contributed by atoms with van der Waals surface area (Å²) in [7, 11) is 0. The number of nitrogens with one attached hydrogen (secondary N) is 1. The van der Waals surface area contributed by atoms with Crippen LogP contribution in [0.25, 0.3) is 0 Å². The zero-order chi connectivity index (χ0) is 4.12. The van der Waals surface area contributed by atoms with Crippen molar-refractivity contribution in [3.05, 3.63) is 6.58 Å². The van der Waals surface area contributed by atoms with E-state index in [1.165, 1.54) is 0 Å². The quantitative estimate of drug-likeness (QED) is 0.337. The standard InChI is InChI=1S/C2H2.CHN.Mn/c2*1-2;/h1H2;2H;. The Balaban J connectivity index is 4.38. The Bertz CT molecular complexity index is 98.9. The molecule has 0 atom stereocenters. The molecule has 1 nitrogen and oxygen atoms in total. The third-order valence-electron chi connectivity index (χ3n) is 0.114. The van der Waals surface area contributed by atoms with Gasteiger partial charge in [-0.1, -0.05) is 0 Å². The third kappa shape index (κ3) is 3.75. The zero-order valence-electron chi connectivity index (χ0n) is 2.59. The van der Waals surface area contributed by atoms with Crippen molar-refractivity contribution in [2.75, 3.05) is 0 Å². The summed E-state index contributed by atoms with van der Waals surface area (Å²) in [6, 6.07) is 0. The summed E-state index contributed by atoms with van der Waals surface area (Å²) in [6.07, 6.45) is 0. The van der Waals surface area contributed by atoms with Crippen LogP contribution in [0.1, 0.15) is 0 Å². The van der Waals surface area contributed by atoms with E-state index in [4.69, 9.17) is 5.41 Å². The van der Waals surface area contributed by atoms with Crippen molar-refractivity contribution < 1.29 is 14.1 Å². The summed E-state index contributed by atoms with van der Waals surface area (Å²) >= 11 is 0.229. The summed E-state index contributed by atoms with van der Waals surface area (Å²) in [4.78, 5) is 0. The fourth-order valence-corrected chi connectivity index (χ4v) is 0.138. The molecule has 0 radical (unpaired) electrons. The van der Waals surface area contributed by atoms with Crippen molar-refractivity contribution in [2.24, 2.45) is 0 Å². The average Bonchev–Trinajstić information content (AvgIpc) is 1.41. The molecular weight excluding hydrogens is 105 g/mol. The number of rotatable bonds is 0. The van der Waals surface area contributed by atoms with Gasteiger partial charge >= 0.3 is 35.4 Å². The van der Waals surface area contributed by atoms with Crippen molar-refractivity contribution in [3.8, 4) is 0 Å². The van der Waals surface area contributed by atoms with Crippen molar-refractivity contribution in [3.63, 3.8) is 0 Å². The number of hydrogen-bond acceptors (Lipinski definition) is 1. The minimum atomic E-state index is 0.229. The van der Waals surface area contributed by atoms with Crippen molar-refractivity contribution >= 4 is 9.29 Å². The third-order valence-corrected chi connectivity index (χ3v) is 0.470. The molecule has 0 rings (SSSR count). The van der Waals surface area contributed by atoms with Gasteiger partial charge in [-0.3, -0.25) is 0 Å². The van der Waals surface area contributed by atoms with Gasteiger partial charge in [-0.15, -0.1) is 0 Å². The summed E-state index contributed by atoms with van der Waals surface area (Å²) in [6.45, 7) is 3.26. The van der Waals surface area contributed by atoms with E-state index in [9.17, 15) is 0 Å². The van der Waals surface area contributed by atoms with Crippen molar-refractivity contribution in [1.29, 1.82) is 5.41 Å². The molecule has 27 valence electrons. The van der Waals surface area contributed by atoms with E-state index in [1.807, 2.05) is 0 Å². The predicted octanol–water partition coefficient (Wildman–Crippen LogP) is 0.140. The Labute approximate surface area is 36.1 Å². The van der Waals surface area contributed by atoms with Crippen LogP contribution >= 0.6 is 0 Å².